The van der Waals surface area contributed by atoms with Gasteiger partial charge in [0.2, 0.25) is 11.8 Å². The lowest BCUT2D eigenvalue weighted by Crippen LogP contribution is -2.41. The van der Waals surface area contributed by atoms with Crippen LogP contribution in [0.25, 0.3) is 10.9 Å². The van der Waals surface area contributed by atoms with E-state index in [1.54, 1.807) is 48.2 Å². The molecule has 4 rings (SSSR count). The van der Waals surface area contributed by atoms with Crippen molar-refractivity contribution in [2.24, 2.45) is 0 Å². The first-order valence-electron chi connectivity index (χ1n) is 10.9. The molecule has 0 saturated heterocycles. The van der Waals surface area contributed by atoms with Gasteiger partial charge in [-0.2, -0.15) is 11.8 Å². The van der Waals surface area contributed by atoms with Gasteiger partial charge in [0.05, 0.1) is 28.5 Å². The molecule has 3 amide bonds. The summed E-state index contributed by atoms with van der Waals surface area (Å²) in [5, 5.41) is 8.86. The number of thioether (sulfide) groups is 1. The molecule has 10 heteroatoms. The van der Waals surface area contributed by atoms with Crippen LogP contribution in [0, 0.1) is 0 Å². The predicted molar refractivity (Wildman–Crippen MR) is 133 cm³/mol. The van der Waals surface area contributed by atoms with Gasteiger partial charge in [0, 0.05) is 18.7 Å². The molecule has 34 heavy (non-hydrogen) atoms. The number of carbonyl (C=O) groups is 3. The normalized spacial score (nSPS) is 15.3. The van der Waals surface area contributed by atoms with Crippen molar-refractivity contribution in [3.8, 4) is 0 Å². The Morgan fingerprint density at radius 3 is 2.82 bits per heavy atom. The summed E-state index contributed by atoms with van der Waals surface area (Å²) < 4.78 is 1.50. The summed E-state index contributed by atoms with van der Waals surface area (Å²) in [6.45, 7) is 0.361. The molecular weight excluding hydrogens is 454 g/mol. The van der Waals surface area contributed by atoms with Gasteiger partial charge in [0.25, 0.3) is 11.5 Å². The fourth-order valence-electron chi connectivity index (χ4n) is 3.78. The van der Waals surface area contributed by atoms with E-state index in [0.29, 0.717) is 47.2 Å². The zero-order chi connectivity index (χ0) is 24.1. The van der Waals surface area contributed by atoms with Gasteiger partial charge in [-0.1, -0.05) is 12.1 Å². The Balaban J connectivity index is 1.36. The molecule has 0 saturated carbocycles. The third-order valence-electron chi connectivity index (χ3n) is 5.57. The Labute approximate surface area is 200 Å². The van der Waals surface area contributed by atoms with Crippen molar-refractivity contribution in [2.75, 3.05) is 22.6 Å². The lowest BCUT2D eigenvalue weighted by atomic mass is 10.1. The van der Waals surface area contributed by atoms with Crippen LogP contribution in [-0.4, -0.2) is 45.3 Å². The van der Waals surface area contributed by atoms with Gasteiger partial charge in [-0.15, -0.1) is 0 Å². The molecule has 0 radical (unpaired) electrons. The maximum Gasteiger partial charge on any atom is 0.261 e. The largest absolute Gasteiger partial charge is 0.340 e. The van der Waals surface area contributed by atoms with Crippen LogP contribution in [0.2, 0.25) is 0 Å². The Morgan fingerprint density at radius 1 is 1.18 bits per heavy atom. The lowest BCUT2D eigenvalue weighted by Gasteiger charge is -2.13. The maximum absolute atomic E-state index is 12.7. The Hall–Kier alpha value is -3.66. The SMILES string of the molecule is CSCC[C@H]1NC(=O)c2cc(NC(=O)CCCn3cnc4ccccc4c3=O)ccc2NC1=O. The number of hydrogen-bond donors (Lipinski definition) is 3. The van der Waals surface area contributed by atoms with Crippen LogP contribution in [0.5, 0.6) is 0 Å². The van der Waals surface area contributed by atoms with Crippen LogP contribution in [0.3, 0.4) is 0 Å². The van der Waals surface area contributed by atoms with E-state index in [0.717, 1.165) is 5.75 Å². The zero-order valence-corrected chi connectivity index (χ0v) is 19.5. The average molecular weight is 480 g/mol. The number of carbonyl (C=O) groups excluding carboxylic acids is 3. The van der Waals surface area contributed by atoms with Gasteiger partial charge in [-0.05, 0) is 55.2 Å². The molecule has 1 aliphatic heterocycles. The summed E-state index contributed by atoms with van der Waals surface area (Å²) in [5.74, 6) is -0.107. The van der Waals surface area contributed by atoms with Gasteiger partial charge in [0.1, 0.15) is 6.04 Å². The van der Waals surface area contributed by atoms with E-state index >= 15 is 0 Å². The molecule has 1 atom stereocenters. The first kappa shape index (κ1) is 23.5. The van der Waals surface area contributed by atoms with Gasteiger partial charge < -0.3 is 16.0 Å². The monoisotopic (exact) mass is 479 g/mol. The van der Waals surface area contributed by atoms with E-state index in [1.165, 1.54) is 10.9 Å². The fraction of sp³-hybridized carbons (Fsp3) is 0.292. The fourth-order valence-corrected chi connectivity index (χ4v) is 4.25. The molecule has 2 aromatic carbocycles. The maximum atomic E-state index is 12.7. The summed E-state index contributed by atoms with van der Waals surface area (Å²) in [7, 11) is 0. The minimum atomic E-state index is -0.599. The third-order valence-corrected chi connectivity index (χ3v) is 6.22. The second-order valence-electron chi connectivity index (χ2n) is 7.97. The molecule has 1 aliphatic rings. The molecule has 0 aliphatic carbocycles. The first-order chi connectivity index (χ1) is 16.5. The van der Waals surface area contributed by atoms with Gasteiger partial charge in [-0.3, -0.25) is 23.7 Å². The van der Waals surface area contributed by atoms with Crippen LogP contribution in [0.1, 0.15) is 29.6 Å². The van der Waals surface area contributed by atoms with Crippen molar-refractivity contribution in [2.45, 2.75) is 31.8 Å². The average Bonchev–Trinajstić information content (AvgIpc) is 2.95. The lowest BCUT2D eigenvalue weighted by molar-refractivity contribution is -0.118. The molecule has 0 bridgehead atoms. The van der Waals surface area contributed by atoms with Crippen molar-refractivity contribution >= 4 is 51.8 Å². The van der Waals surface area contributed by atoms with Crippen molar-refractivity contribution < 1.29 is 14.4 Å². The second kappa shape index (κ2) is 10.5. The van der Waals surface area contributed by atoms with Crippen molar-refractivity contribution in [1.82, 2.24) is 14.9 Å². The number of para-hydroxylation sites is 1. The van der Waals surface area contributed by atoms with E-state index in [4.69, 9.17) is 0 Å². The van der Waals surface area contributed by atoms with Gasteiger partial charge in [-0.25, -0.2) is 4.98 Å². The minimum absolute atomic E-state index is 0.138. The molecule has 3 aromatic rings. The highest BCUT2D eigenvalue weighted by Gasteiger charge is 2.27. The summed E-state index contributed by atoms with van der Waals surface area (Å²) in [6.07, 6.45) is 4.61. The van der Waals surface area contributed by atoms with Crippen molar-refractivity contribution in [3.05, 3.63) is 64.7 Å². The molecule has 1 aromatic heterocycles. The molecule has 0 unspecified atom stereocenters. The van der Waals surface area contributed by atoms with E-state index in [1.807, 2.05) is 12.3 Å². The van der Waals surface area contributed by atoms with E-state index in [2.05, 4.69) is 20.9 Å². The van der Waals surface area contributed by atoms with Crippen molar-refractivity contribution in [3.63, 3.8) is 0 Å². The Bertz CT molecular complexity index is 1310. The van der Waals surface area contributed by atoms with Crippen LogP contribution < -0.4 is 21.5 Å². The van der Waals surface area contributed by atoms with E-state index < -0.39 is 6.04 Å². The minimum Gasteiger partial charge on any atom is -0.340 e. The molecule has 176 valence electrons. The Morgan fingerprint density at radius 2 is 2.00 bits per heavy atom. The number of benzene rings is 2. The van der Waals surface area contributed by atoms with Gasteiger partial charge in [0.15, 0.2) is 0 Å². The number of nitrogens with zero attached hydrogens (tertiary/aromatic N) is 2. The van der Waals surface area contributed by atoms with Crippen molar-refractivity contribution in [1.29, 1.82) is 0 Å². The number of anilines is 2. The van der Waals surface area contributed by atoms with Crippen LogP contribution in [0.4, 0.5) is 11.4 Å². The van der Waals surface area contributed by atoms with Crippen LogP contribution >= 0.6 is 11.8 Å². The summed E-state index contributed by atoms with van der Waals surface area (Å²) >= 11 is 1.60. The second-order valence-corrected chi connectivity index (χ2v) is 8.95. The summed E-state index contributed by atoms with van der Waals surface area (Å²) in [4.78, 5) is 54.3. The highest BCUT2D eigenvalue weighted by Crippen LogP contribution is 2.24. The summed E-state index contributed by atoms with van der Waals surface area (Å²) in [6, 6.07) is 11.3. The highest BCUT2D eigenvalue weighted by atomic mass is 32.2. The topological polar surface area (TPSA) is 122 Å². The molecule has 0 fully saturated rings. The smallest absolute Gasteiger partial charge is 0.261 e. The van der Waals surface area contributed by atoms with E-state index in [-0.39, 0.29) is 29.7 Å². The zero-order valence-electron chi connectivity index (χ0n) is 18.7. The number of fused-ring (bicyclic) bond motifs is 2. The quantitative estimate of drug-likeness (QED) is 0.457. The number of rotatable bonds is 8. The molecule has 3 N–H and O–H groups in total. The first-order valence-corrected chi connectivity index (χ1v) is 12.3. The number of nitrogens with one attached hydrogen (secondary N) is 3. The number of aryl methyl sites for hydroxylation is 1. The van der Waals surface area contributed by atoms with Crippen LogP contribution in [-0.2, 0) is 16.1 Å². The molecule has 2 heterocycles. The standard InChI is InChI=1S/C24H25N5O4S/c1-34-12-10-20-23(32)27-19-9-8-15(13-17(19)22(31)28-20)26-21(30)7-4-11-29-14-25-18-6-3-2-5-16(18)24(29)33/h2-3,5-6,8-9,13-14,20H,4,7,10-12H2,1H3,(H,26,30)(H,27,32)(H,28,31)/t20-/m1/s1. The third kappa shape index (κ3) is 5.28. The Kier molecular flexibility index (Phi) is 7.27. The molecular formula is C24H25N5O4S. The number of hydrogen-bond acceptors (Lipinski definition) is 6. The number of amides is 3. The molecule has 9 nitrogen and oxygen atoms in total. The van der Waals surface area contributed by atoms with Gasteiger partial charge >= 0.3 is 0 Å². The predicted octanol–water partition coefficient (Wildman–Crippen LogP) is 2.62. The highest BCUT2D eigenvalue weighted by molar-refractivity contribution is 7.98. The number of aromatic nitrogens is 2. The molecule has 0 spiro atoms. The van der Waals surface area contributed by atoms with Crippen LogP contribution in [0.15, 0.2) is 53.6 Å². The van der Waals surface area contributed by atoms with E-state index in [9.17, 15) is 19.2 Å². The summed E-state index contributed by atoms with van der Waals surface area (Å²) in [5.41, 5.74) is 1.67.